The number of hydrogen-bond acceptors (Lipinski definition) is 2. The molecule has 1 rings (SSSR count). The molecule has 0 saturated heterocycles. The first kappa shape index (κ1) is 9.76. The predicted octanol–water partition coefficient (Wildman–Crippen LogP) is 2.17. The number of nitriles is 1. The van der Waals surface area contributed by atoms with Crippen LogP contribution in [0.1, 0.15) is 36.5 Å². The van der Waals surface area contributed by atoms with Gasteiger partial charge < -0.3 is 5.11 Å². The molecule has 0 aliphatic carbocycles. The Morgan fingerprint density at radius 3 is 2.62 bits per heavy atom. The van der Waals surface area contributed by atoms with Gasteiger partial charge >= 0.3 is 0 Å². The Kier molecular flexibility index (Phi) is 3.05. The molecular weight excluding hydrogens is 162 g/mol. The number of hydrogen-bond donors (Lipinski definition) is 1. The highest BCUT2D eigenvalue weighted by molar-refractivity contribution is 5.41. The first-order chi connectivity index (χ1) is 6.19. The molecule has 0 spiro atoms. The smallest absolute Gasteiger partial charge is 0.0995 e. The van der Waals surface area contributed by atoms with Crippen LogP contribution in [0.4, 0.5) is 0 Å². The van der Waals surface area contributed by atoms with Gasteiger partial charge in [0, 0.05) is 0 Å². The van der Waals surface area contributed by atoms with Crippen LogP contribution in [0.2, 0.25) is 0 Å². The van der Waals surface area contributed by atoms with Crippen LogP contribution in [-0.2, 0) is 6.61 Å². The maximum Gasteiger partial charge on any atom is 0.0995 e. The first-order valence-electron chi connectivity index (χ1n) is 4.32. The average Bonchev–Trinajstić information content (AvgIpc) is 2.16. The van der Waals surface area contributed by atoms with Crippen molar-refractivity contribution < 1.29 is 5.11 Å². The zero-order chi connectivity index (χ0) is 9.84. The summed E-state index contributed by atoms with van der Waals surface area (Å²) in [6.45, 7) is 4.09. The van der Waals surface area contributed by atoms with Gasteiger partial charge in [-0.3, -0.25) is 0 Å². The van der Waals surface area contributed by atoms with E-state index in [-0.39, 0.29) is 6.61 Å². The van der Waals surface area contributed by atoms with Gasteiger partial charge in [-0.25, -0.2) is 0 Å². The van der Waals surface area contributed by atoms with Gasteiger partial charge in [0.2, 0.25) is 0 Å². The second-order valence-electron chi connectivity index (χ2n) is 3.34. The number of nitrogens with zero attached hydrogens (tertiary/aromatic N) is 1. The van der Waals surface area contributed by atoms with E-state index < -0.39 is 0 Å². The lowest BCUT2D eigenvalue weighted by Crippen LogP contribution is -1.93. The average molecular weight is 175 g/mol. The maximum absolute atomic E-state index is 8.93. The Morgan fingerprint density at radius 1 is 1.46 bits per heavy atom. The Labute approximate surface area is 78.4 Å². The van der Waals surface area contributed by atoms with Crippen molar-refractivity contribution in [3.8, 4) is 6.07 Å². The Bertz CT molecular complexity index is 336. The zero-order valence-corrected chi connectivity index (χ0v) is 7.91. The summed E-state index contributed by atoms with van der Waals surface area (Å²) < 4.78 is 0. The first-order valence-corrected chi connectivity index (χ1v) is 4.32. The van der Waals surface area contributed by atoms with Crippen LogP contribution >= 0.6 is 0 Å². The van der Waals surface area contributed by atoms with Crippen molar-refractivity contribution in [3.63, 3.8) is 0 Å². The summed E-state index contributed by atoms with van der Waals surface area (Å²) in [6.07, 6.45) is 0. The van der Waals surface area contributed by atoms with Crippen LogP contribution in [0.25, 0.3) is 0 Å². The lowest BCUT2D eigenvalue weighted by molar-refractivity contribution is 0.281. The van der Waals surface area contributed by atoms with Crippen LogP contribution in [0.5, 0.6) is 0 Å². The van der Waals surface area contributed by atoms with E-state index in [0.29, 0.717) is 17.0 Å². The summed E-state index contributed by atoms with van der Waals surface area (Å²) in [5, 5.41) is 17.7. The third-order valence-corrected chi connectivity index (χ3v) is 2.09. The van der Waals surface area contributed by atoms with Gasteiger partial charge in [0.1, 0.15) is 0 Å². The van der Waals surface area contributed by atoms with E-state index in [1.54, 1.807) is 0 Å². The molecule has 1 aromatic rings. The van der Waals surface area contributed by atoms with Gasteiger partial charge in [-0.2, -0.15) is 5.26 Å². The third-order valence-electron chi connectivity index (χ3n) is 2.09. The fourth-order valence-electron chi connectivity index (χ4n) is 1.20. The van der Waals surface area contributed by atoms with Crippen molar-refractivity contribution in [1.29, 1.82) is 5.26 Å². The predicted molar refractivity (Wildman–Crippen MR) is 51.2 cm³/mol. The monoisotopic (exact) mass is 175 g/mol. The largest absolute Gasteiger partial charge is 0.392 e. The summed E-state index contributed by atoms with van der Waals surface area (Å²) in [4.78, 5) is 0. The molecule has 0 fully saturated rings. The lowest BCUT2D eigenvalue weighted by atomic mass is 9.98. The molecule has 0 aliphatic heterocycles. The molecule has 0 heterocycles. The van der Waals surface area contributed by atoms with Crippen molar-refractivity contribution >= 4 is 0 Å². The van der Waals surface area contributed by atoms with Crippen LogP contribution in [0, 0.1) is 11.3 Å². The standard InChI is InChI=1S/C11H13NO/c1-8(2)9-3-4-10(7-13)11(5-9)6-12/h3-5,8,13H,7H2,1-2H3. The van der Waals surface area contributed by atoms with E-state index >= 15 is 0 Å². The number of aliphatic hydroxyl groups is 1. The highest BCUT2D eigenvalue weighted by atomic mass is 16.3. The van der Waals surface area contributed by atoms with E-state index in [2.05, 4.69) is 19.9 Å². The fourth-order valence-corrected chi connectivity index (χ4v) is 1.20. The summed E-state index contributed by atoms with van der Waals surface area (Å²) in [5.74, 6) is 0.417. The summed E-state index contributed by atoms with van der Waals surface area (Å²) >= 11 is 0. The second kappa shape index (κ2) is 4.06. The van der Waals surface area contributed by atoms with Crippen molar-refractivity contribution in [2.45, 2.75) is 26.4 Å². The van der Waals surface area contributed by atoms with Gasteiger partial charge in [0.25, 0.3) is 0 Å². The molecule has 13 heavy (non-hydrogen) atoms. The molecule has 0 bridgehead atoms. The molecule has 0 atom stereocenters. The minimum absolute atomic E-state index is 0.0682. The molecular formula is C11H13NO. The minimum atomic E-state index is -0.0682. The number of rotatable bonds is 2. The Hall–Kier alpha value is -1.33. The van der Waals surface area contributed by atoms with E-state index in [1.165, 1.54) is 0 Å². The highest BCUT2D eigenvalue weighted by Crippen LogP contribution is 2.18. The molecule has 0 unspecified atom stereocenters. The topological polar surface area (TPSA) is 44.0 Å². The Balaban J connectivity index is 3.15. The Morgan fingerprint density at radius 2 is 2.15 bits per heavy atom. The summed E-state index contributed by atoms with van der Waals surface area (Å²) in [7, 11) is 0. The van der Waals surface area contributed by atoms with E-state index in [4.69, 9.17) is 10.4 Å². The van der Waals surface area contributed by atoms with Crippen molar-refractivity contribution in [2.24, 2.45) is 0 Å². The van der Waals surface area contributed by atoms with E-state index in [0.717, 1.165) is 5.56 Å². The molecule has 0 amide bonds. The normalized spacial score (nSPS) is 10.1. The van der Waals surface area contributed by atoms with Crippen LogP contribution < -0.4 is 0 Å². The molecule has 68 valence electrons. The van der Waals surface area contributed by atoms with Crippen molar-refractivity contribution in [2.75, 3.05) is 0 Å². The fraction of sp³-hybridized carbons (Fsp3) is 0.364. The number of benzene rings is 1. The van der Waals surface area contributed by atoms with Crippen LogP contribution in [-0.4, -0.2) is 5.11 Å². The third kappa shape index (κ3) is 2.07. The van der Waals surface area contributed by atoms with Crippen molar-refractivity contribution in [3.05, 3.63) is 34.9 Å². The SMILES string of the molecule is CC(C)c1ccc(CO)c(C#N)c1. The van der Waals surface area contributed by atoms with Gasteiger partial charge in [-0.1, -0.05) is 26.0 Å². The highest BCUT2D eigenvalue weighted by Gasteiger charge is 2.04. The molecule has 2 heteroatoms. The van der Waals surface area contributed by atoms with E-state index in [9.17, 15) is 0 Å². The number of aliphatic hydroxyl groups excluding tert-OH is 1. The van der Waals surface area contributed by atoms with Gasteiger partial charge in [-0.05, 0) is 23.1 Å². The molecule has 0 aliphatic rings. The second-order valence-corrected chi connectivity index (χ2v) is 3.34. The summed E-state index contributed by atoms with van der Waals surface area (Å²) in [5.41, 5.74) is 2.41. The quantitative estimate of drug-likeness (QED) is 0.748. The molecule has 0 radical (unpaired) electrons. The molecule has 1 aromatic carbocycles. The summed E-state index contributed by atoms with van der Waals surface area (Å²) in [6, 6.07) is 7.69. The molecule has 0 aromatic heterocycles. The zero-order valence-electron chi connectivity index (χ0n) is 7.91. The molecule has 1 N–H and O–H groups in total. The van der Waals surface area contributed by atoms with Crippen molar-refractivity contribution in [1.82, 2.24) is 0 Å². The lowest BCUT2D eigenvalue weighted by Gasteiger charge is -2.07. The maximum atomic E-state index is 8.93. The molecule has 2 nitrogen and oxygen atoms in total. The van der Waals surface area contributed by atoms with E-state index in [1.807, 2.05) is 18.2 Å². The molecule has 0 saturated carbocycles. The van der Waals surface area contributed by atoms with Crippen LogP contribution in [0.3, 0.4) is 0 Å². The minimum Gasteiger partial charge on any atom is -0.392 e. The van der Waals surface area contributed by atoms with Gasteiger partial charge in [0.05, 0.1) is 18.2 Å². The van der Waals surface area contributed by atoms with Crippen LogP contribution in [0.15, 0.2) is 18.2 Å². The van der Waals surface area contributed by atoms with Gasteiger partial charge in [-0.15, -0.1) is 0 Å². The van der Waals surface area contributed by atoms with Gasteiger partial charge in [0.15, 0.2) is 0 Å².